The molecule has 1 amide bonds. The molecule has 0 unspecified atom stereocenters. The van der Waals surface area contributed by atoms with Crippen LogP contribution in [0.5, 0.6) is 5.75 Å². The third kappa shape index (κ3) is 5.47. The Kier molecular flexibility index (Phi) is 7.00. The van der Waals surface area contributed by atoms with Crippen molar-refractivity contribution in [3.05, 3.63) is 99.2 Å². The van der Waals surface area contributed by atoms with Crippen molar-refractivity contribution in [2.45, 2.75) is 6.61 Å². The SMILES string of the molecule is CN1C(=O)/C(=C/c2ccc(OCc3cccc(F)c3)c(Cl)c2)SC1=Nc1cccc(C(=O)O)c1. The number of likely N-dealkylation sites (N-methyl/N-ethyl adjacent to an activating group) is 1. The Balaban J connectivity index is 1.50. The van der Waals surface area contributed by atoms with Crippen molar-refractivity contribution in [1.29, 1.82) is 0 Å². The fraction of sp³-hybridized carbons (Fsp3) is 0.0800. The first-order valence-electron chi connectivity index (χ1n) is 10.1. The first-order chi connectivity index (χ1) is 16.3. The molecule has 3 aromatic rings. The van der Waals surface area contributed by atoms with Crippen LogP contribution in [0.4, 0.5) is 10.1 Å². The molecule has 1 fully saturated rings. The topological polar surface area (TPSA) is 79.2 Å². The van der Waals surface area contributed by atoms with Crippen molar-refractivity contribution >= 4 is 52.2 Å². The number of ether oxygens (including phenoxy) is 1. The van der Waals surface area contributed by atoms with Crippen LogP contribution in [0.1, 0.15) is 21.5 Å². The second-order valence-electron chi connectivity index (χ2n) is 7.33. The smallest absolute Gasteiger partial charge is 0.335 e. The molecule has 1 N–H and O–H groups in total. The van der Waals surface area contributed by atoms with Crippen LogP contribution in [0.3, 0.4) is 0 Å². The second kappa shape index (κ2) is 10.1. The third-order valence-electron chi connectivity index (χ3n) is 4.86. The van der Waals surface area contributed by atoms with Gasteiger partial charge in [0, 0.05) is 7.05 Å². The lowest BCUT2D eigenvalue weighted by atomic mass is 10.2. The largest absolute Gasteiger partial charge is 0.487 e. The molecule has 172 valence electrons. The summed E-state index contributed by atoms with van der Waals surface area (Å²) in [7, 11) is 1.60. The van der Waals surface area contributed by atoms with E-state index in [2.05, 4.69) is 4.99 Å². The van der Waals surface area contributed by atoms with Gasteiger partial charge in [0.15, 0.2) is 5.17 Å². The maximum atomic E-state index is 13.3. The molecule has 0 aromatic heterocycles. The number of nitrogens with zero attached hydrogens (tertiary/aromatic N) is 2. The number of amides is 1. The number of aromatic carboxylic acids is 1. The van der Waals surface area contributed by atoms with Gasteiger partial charge in [-0.25, -0.2) is 14.2 Å². The van der Waals surface area contributed by atoms with Crippen molar-refractivity contribution in [3.8, 4) is 5.75 Å². The van der Waals surface area contributed by atoms with Gasteiger partial charge in [-0.2, -0.15) is 0 Å². The van der Waals surface area contributed by atoms with Crippen molar-refractivity contribution in [2.75, 3.05) is 7.05 Å². The Morgan fingerprint density at radius 2 is 1.97 bits per heavy atom. The summed E-state index contributed by atoms with van der Waals surface area (Å²) >= 11 is 7.53. The van der Waals surface area contributed by atoms with Gasteiger partial charge in [-0.3, -0.25) is 9.69 Å². The van der Waals surface area contributed by atoms with Crippen LogP contribution in [-0.4, -0.2) is 34.1 Å². The highest BCUT2D eigenvalue weighted by atomic mass is 35.5. The molecule has 1 aliphatic heterocycles. The highest BCUT2D eigenvalue weighted by Crippen LogP contribution is 2.34. The molecule has 9 heteroatoms. The van der Waals surface area contributed by atoms with Crippen molar-refractivity contribution in [2.24, 2.45) is 4.99 Å². The normalized spacial score (nSPS) is 15.9. The van der Waals surface area contributed by atoms with Crippen LogP contribution in [0.25, 0.3) is 6.08 Å². The molecule has 0 saturated carbocycles. The van der Waals surface area contributed by atoms with Gasteiger partial charge < -0.3 is 9.84 Å². The first kappa shape index (κ1) is 23.5. The van der Waals surface area contributed by atoms with Gasteiger partial charge in [0.1, 0.15) is 18.2 Å². The summed E-state index contributed by atoms with van der Waals surface area (Å²) in [6, 6.07) is 17.4. The van der Waals surface area contributed by atoms with Crippen LogP contribution >= 0.6 is 23.4 Å². The fourth-order valence-corrected chi connectivity index (χ4v) is 4.36. The number of rotatable bonds is 6. The van der Waals surface area contributed by atoms with E-state index in [0.29, 0.717) is 37.7 Å². The average Bonchev–Trinajstić information content (AvgIpc) is 3.06. The standard InChI is InChI=1S/C25H18ClFN2O4S/c1-29-23(30)22(34-25(29)28-19-7-3-5-17(13-19)24(31)32)12-15-8-9-21(20(26)11-15)33-14-16-4-2-6-18(27)10-16/h2-13H,14H2,1H3,(H,31,32)/b22-12-,28-25?. The number of carbonyl (C=O) groups is 2. The molecule has 0 spiro atoms. The number of halogens is 2. The number of carbonyl (C=O) groups excluding carboxylic acids is 1. The summed E-state index contributed by atoms with van der Waals surface area (Å²) in [6.07, 6.45) is 1.70. The van der Waals surface area contributed by atoms with Gasteiger partial charge in [0.25, 0.3) is 5.91 Å². The molecule has 0 bridgehead atoms. The maximum absolute atomic E-state index is 13.3. The minimum Gasteiger partial charge on any atom is -0.487 e. The number of benzene rings is 3. The number of carboxylic acid groups (broad SMARTS) is 1. The van der Waals surface area contributed by atoms with Crippen LogP contribution in [0, 0.1) is 5.82 Å². The van der Waals surface area contributed by atoms with E-state index in [4.69, 9.17) is 21.4 Å². The van der Waals surface area contributed by atoms with E-state index in [1.54, 1.807) is 55.6 Å². The number of amidine groups is 1. The summed E-state index contributed by atoms with van der Waals surface area (Å²) in [5.41, 5.74) is 1.93. The highest BCUT2D eigenvalue weighted by molar-refractivity contribution is 8.18. The molecule has 1 heterocycles. The van der Waals surface area contributed by atoms with Gasteiger partial charge in [0.05, 0.1) is 21.2 Å². The summed E-state index contributed by atoms with van der Waals surface area (Å²) in [4.78, 5) is 30.1. The molecule has 0 atom stereocenters. The number of hydrogen-bond acceptors (Lipinski definition) is 5. The number of carboxylic acids is 1. The van der Waals surface area contributed by atoms with E-state index in [1.165, 1.54) is 40.9 Å². The van der Waals surface area contributed by atoms with Crippen LogP contribution in [0.2, 0.25) is 5.02 Å². The number of aliphatic imine (C=N–C) groups is 1. The van der Waals surface area contributed by atoms with Gasteiger partial charge in [0.2, 0.25) is 0 Å². The van der Waals surface area contributed by atoms with E-state index >= 15 is 0 Å². The predicted octanol–water partition coefficient (Wildman–Crippen LogP) is 5.99. The summed E-state index contributed by atoms with van der Waals surface area (Å²) in [5, 5.41) is 9.94. The lowest BCUT2D eigenvalue weighted by Crippen LogP contribution is -2.23. The summed E-state index contributed by atoms with van der Waals surface area (Å²) in [5.74, 6) is -1.18. The Bertz CT molecular complexity index is 1340. The second-order valence-corrected chi connectivity index (χ2v) is 8.75. The van der Waals surface area contributed by atoms with Gasteiger partial charge in [-0.15, -0.1) is 0 Å². The van der Waals surface area contributed by atoms with Crippen molar-refractivity contribution < 1.29 is 23.8 Å². The Labute approximate surface area is 204 Å². The summed E-state index contributed by atoms with van der Waals surface area (Å²) in [6.45, 7) is 0.167. The van der Waals surface area contributed by atoms with Gasteiger partial charge >= 0.3 is 5.97 Å². The minimum absolute atomic E-state index is 0.115. The number of thioether (sulfide) groups is 1. The number of hydrogen-bond donors (Lipinski definition) is 1. The predicted molar refractivity (Wildman–Crippen MR) is 131 cm³/mol. The van der Waals surface area contributed by atoms with E-state index in [0.717, 1.165) is 0 Å². The van der Waals surface area contributed by atoms with Crippen molar-refractivity contribution in [1.82, 2.24) is 4.90 Å². The molecular weight excluding hydrogens is 479 g/mol. The van der Waals surface area contributed by atoms with Gasteiger partial charge in [-0.1, -0.05) is 35.9 Å². The molecule has 1 aliphatic rings. The monoisotopic (exact) mass is 496 g/mol. The van der Waals surface area contributed by atoms with Crippen LogP contribution < -0.4 is 4.74 Å². The molecule has 6 nitrogen and oxygen atoms in total. The Morgan fingerprint density at radius 1 is 1.18 bits per heavy atom. The molecule has 34 heavy (non-hydrogen) atoms. The molecule has 3 aromatic carbocycles. The zero-order valence-corrected chi connectivity index (χ0v) is 19.4. The van der Waals surface area contributed by atoms with E-state index < -0.39 is 5.97 Å². The molecule has 1 saturated heterocycles. The molecule has 0 aliphatic carbocycles. The maximum Gasteiger partial charge on any atom is 0.335 e. The molecular formula is C25H18ClFN2O4S. The zero-order chi connectivity index (χ0) is 24.2. The van der Waals surface area contributed by atoms with Gasteiger partial charge in [-0.05, 0) is 71.4 Å². The van der Waals surface area contributed by atoms with Crippen LogP contribution in [-0.2, 0) is 11.4 Å². The minimum atomic E-state index is -1.05. The Hall–Kier alpha value is -3.62. The summed E-state index contributed by atoms with van der Waals surface area (Å²) < 4.78 is 19.0. The van der Waals surface area contributed by atoms with E-state index in [1.807, 2.05) is 0 Å². The van der Waals surface area contributed by atoms with E-state index in [9.17, 15) is 14.0 Å². The third-order valence-corrected chi connectivity index (χ3v) is 6.21. The molecule has 4 rings (SSSR count). The lowest BCUT2D eigenvalue weighted by molar-refractivity contribution is -0.121. The highest BCUT2D eigenvalue weighted by Gasteiger charge is 2.30. The fourth-order valence-electron chi connectivity index (χ4n) is 3.13. The van der Waals surface area contributed by atoms with Crippen LogP contribution in [0.15, 0.2) is 76.6 Å². The molecule has 0 radical (unpaired) electrons. The quantitative estimate of drug-likeness (QED) is 0.424. The lowest BCUT2D eigenvalue weighted by Gasteiger charge is -2.09. The average molecular weight is 497 g/mol. The van der Waals surface area contributed by atoms with E-state index in [-0.39, 0.29) is 23.9 Å². The zero-order valence-electron chi connectivity index (χ0n) is 17.9. The van der Waals surface area contributed by atoms with Crippen molar-refractivity contribution in [3.63, 3.8) is 0 Å². The first-order valence-corrected chi connectivity index (χ1v) is 11.3. The Morgan fingerprint density at radius 3 is 2.71 bits per heavy atom.